The van der Waals surface area contributed by atoms with Gasteiger partial charge >= 0.3 is 6.18 Å². The van der Waals surface area contributed by atoms with E-state index in [1.54, 1.807) is 32.2 Å². The van der Waals surface area contributed by atoms with Crippen LogP contribution in [-0.2, 0) is 6.18 Å². The van der Waals surface area contributed by atoms with Crippen molar-refractivity contribution in [1.29, 1.82) is 0 Å². The molecule has 0 unspecified atom stereocenters. The van der Waals surface area contributed by atoms with Gasteiger partial charge in [0.2, 0.25) is 4.96 Å². The summed E-state index contributed by atoms with van der Waals surface area (Å²) in [5.74, 6) is 0.0135. The molecule has 4 aromatic rings. The van der Waals surface area contributed by atoms with Crippen molar-refractivity contribution in [3.05, 3.63) is 29.6 Å². The summed E-state index contributed by atoms with van der Waals surface area (Å²) in [6.07, 6.45) is -4.64. The number of H-pyrrole nitrogens is 1. The molecule has 3 heterocycles. The van der Waals surface area contributed by atoms with Crippen molar-refractivity contribution in [3.8, 4) is 33.5 Å². The van der Waals surface area contributed by atoms with Crippen LogP contribution < -0.4 is 9.47 Å². The molecule has 0 aliphatic carbocycles. The molecule has 0 aliphatic heterocycles. The molecule has 0 saturated heterocycles. The van der Waals surface area contributed by atoms with E-state index in [2.05, 4.69) is 25.5 Å². The van der Waals surface area contributed by atoms with Gasteiger partial charge in [-0.1, -0.05) is 11.3 Å². The number of benzene rings is 1. The maximum Gasteiger partial charge on any atom is 0.453 e. The van der Waals surface area contributed by atoms with Crippen molar-refractivity contribution in [2.45, 2.75) is 13.1 Å². The van der Waals surface area contributed by atoms with Crippen LogP contribution in [0, 0.1) is 6.92 Å². The summed E-state index contributed by atoms with van der Waals surface area (Å²) in [7, 11) is 3.08. The molecule has 146 valence electrons. The molecule has 0 fully saturated rings. The predicted octanol–water partition coefficient (Wildman–Crippen LogP) is 3.59. The average molecular weight is 410 g/mol. The Hall–Kier alpha value is -3.15. The van der Waals surface area contributed by atoms with Gasteiger partial charge < -0.3 is 9.47 Å². The SMILES string of the molecule is COc1ccc(-c2n[nH]c(-c3nn4c(C(F)(F)F)nnc4s3)c2C)c(OC)c1. The summed E-state index contributed by atoms with van der Waals surface area (Å²) in [4.78, 5) is 0.0416. The zero-order valence-electron chi connectivity index (χ0n) is 14.8. The normalized spacial score (nSPS) is 11.9. The van der Waals surface area contributed by atoms with Gasteiger partial charge in [-0.15, -0.1) is 10.2 Å². The first kappa shape index (κ1) is 18.2. The fourth-order valence-electron chi connectivity index (χ4n) is 2.76. The number of nitrogens with zero attached hydrogens (tertiary/aromatic N) is 5. The summed E-state index contributed by atoms with van der Waals surface area (Å²) in [5.41, 5.74) is 2.51. The maximum absolute atomic E-state index is 13.0. The third-order valence-electron chi connectivity index (χ3n) is 4.13. The molecule has 0 radical (unpaired) electrons. The molecule has 0 amide bonds. The molecule has 1 N–H and O–H groups in total. The second-order valence-corrected chi connectivity index (χ2v) is 6.72. The third-order valence-corrected chi connectivity index (χ3v) is 5.05. The fourth-order valence-corrected chi connectivity index (χ4v) is 3.65. The van der Waals surface area contributed by atoms with Gasteiger partial charge in [-0.2, -0.15) is 27.9 Å². The molecule has 0 saturated carbocycles. The first-order valence-corrected chi connectivity index (χ1v) is 8.72. The Bertz CT molecular complexity index is 1160. The zero-order chi connectivity index (χ0) is 20.1. The van der Waals surface area contributed by atoms with Crippen molar-refractivity contribution in [2.24, 2.45) is 0 Å². The number of hydrogen-bond donors (Lipinski definition) is 1. The number of fused-ring (bicyclic) bond motifs is 1. The van der Waals surface area contributed by atoms with Gasteiger partial charge in [0, 0.05) is 17.2 Å². The number of aromatic amines is 1. The summed E-state index contributed by atoms with van der Waals surface area (Å²) in [6.45, 7) is 1.80. The van der Waals surface area contributed by atoms with E-state index in [0.717, 1.165) is 11.3 Å². The first-order chi connectivity index (χ1) is 13.3. The highest BCUT2D eigenvalue weighted by Crippen LogP contribution is 2.38. The molecule has 3 aromatic heterocycles. The molecular formula is C16H13F3N6O2S. The quantitative estimate of drug-likeness (QED) is 0.553. The lowest BCUT2D eigenvalue weighted by Crippen LogP contribution is -2.11. The molecule has 0 aliphatic rings. The Morgan fingerprint density at radius 2 is 1.93 bits per heavy atom. The summed E-state index contributed by atoms with van der Waals surface area (Å²) in [6, 6.07) is 5.29. The van der Waals surface area contributed by atoms with Crippen LogP contribution >= 0.6 is 11.3 Å². The molecule has 28 heavy (non-hydrogen) atoms. The Morgan fingerprint density at radius 3 is 2.61 bits per heavy atom. The second kappa shape index (κ2) is 6.48. The molecule has 0 spiro atoms. The van der Waals surface area contributed by atoms with Crippen LogP contribution in [0.15, 0.2) is 18.2 Å². The van der Waals surface area contributed by atoms with Crippen LogP contribution in [0.4, 0.5) is 13.2 Å². The molecule has 4 rings (SSSR count). The number of halogens is 3. The largest absolute Gasteiger partial charge is 0.497 e. The highest BCUT2D eigenvalue weighted by molar-refractivity contribution is 7.19. The average Bonchev–Trinajstić information content (AvgIpc) is 3.33. The number of rotatable bonds is 4. The van der Waals surface area contributed by atoms with E-state index in [0.29, 0.717) is 43.5 Å². The van der Waals surface area contributed by atoms with Crippen molar-refractivity contribution in [1.82, 2.24) is 30.0 Å². The van der Waals surface area contributed by atoms with E-state index in [1.165, 1.54) is 7.11 Å². The zero-order valence-corrected chi connectivity index (χ0v) is 15.6. The lowest BCUT2D eigenvalue weighted by atomic mass is 10.1. The highest BCUT2D eigenvalue weighted by Gasteiger charge is 2.38. The van der Waals surface area contributed by atoms with E-state index < -0.39 is 12.0 Å². The van der Waals surface area contributed by atoms with Crippen molar-refractivity contribution < 1.29 is 22.6 Å². The molecule has 0 atom stereocenters. The smallest absolute Gasteiger partial charge is 0.453 e. The number of methoxy groups -OCH3 is 2. The van der Waals surface area contributed by atoms with E-state index in [9.17, 15) is 13.2 Å². The van der Waals surface area contributed by atoms with Crippen LogP contribution in [-0.4, -0.2) is 44.2 Å². The number of nitrogens with one attached hydrogen (secondary N) is 1. The van der Waals surface area contributed by atoms with E-state index in [-0.39, 0.29) is 4.96 Å². The Labute approximate surface area is 159 Å². The fraction of sp³-hybridized carbons (Fsp3) is 0.250. The molecule has 8 nitrogen and oxygen atoms in total. The Kier molecular flexibility index (Phi) is 4.22. The summed E-state index contributed by atoms with van der Waals surface area (Å²) >= 11 is 0.982. The van der Waals surface area contributed by atoms with Crippen LogP contribution in [0.5, 0.6) is 11.5 Å². The van der Waals surface area contributed by atoms with Gasteiger partial charge in [0.05, 0.1) is 25.6 Å². The standard InChI is InChI=1S/C16H13F3N6O2S/c1-7-11(9-5-4-8(26-2)6-10(9)27-3)20-21-12(7)13-24-25-14(16(17,18)19)22-23-15(25)28-13/h4-6H,1-3H3,(H,20,21). The van der Waals surface area contributed by atoms with Crippen LogP contribution in [0.2, 0.25) is 0 Å². The maximum atomic E-state index is 13.0. The minimum Gasteiger partial charge on any atom is -0.497 e. The van der Waals surface area contributed by atoms with E-state index in [1.807, 2.05) is 0 Å². The van der Waals surface area contributed by atoms with Gasteiger partial charge in [-0.25, -0.2) is 0 Å². The molecule has 0 bridgehead atoms. The highest BCUT2D eigenvalue weighted by atomic mass is 32.1. The summed E-state index contributed by atoms with van der Waals surface area (Å²) in [5, 5.41) is 18.2. The Balaban J connectivity index is 1.79. The minimum atomic E-state index is -4.64. The van der Waals surface area contributed by atoms with Crippen LogP contribution in [0.1, 0.15) is 11.4 Å². The number of aromatic nitrogens is 6. The number of ether oxygens (including phenoxy) is 2. The van der Waals surface area contributed by atoms with Crippen molar-refractivity contribution in [2.75, 3.05) is 14.2 Å². The number of alkyl halides is 3. The lowest BCUT2D eigenvalue weighted by molar-refractivity contribution is -0.146. The lowest BCUT2D eigenvalue weighted by Gasteiger charge is -2.09. The molecule has 1 aromatic carbocycles. The van der Waals surface area contributed by atoms with Crippen molar-refractivity contribution >= 4 is 16.3 Å². The minimum absolute atomic E-state index is 0.0416. The number of hydrogen-bond acceptors (Lipinski definition) is 7. The predicted molar refractivity (Wildman–Crippen MR) is 94.5 cm³/mol. The van der Waals surface area contributed by atoms with Crippen LogP contribution in [0.3, 0.4) is 0 Å². The van der Waals surface area contributed by atoms with Gasteiger partial charge in [0.25, 0.3) is 5.82 Å². The topological polar surface area (TPSA) is 90.2 Å². The molecular weight excluding hydrogens is 397 g/mol. The van der Waals surface area contributed by atoms with Crippen molar-refractivity contribution in [3.63, 3.8) is 0 Å². The molecule has 12 heteroatoms. The third kappa shape index (κ3) is 2.85. The summed E-state index contributed by atoms with van der Waals surface area (Å²) < 4.78 is 50.3. The van der Waals surface area contributed by atoms with Gasteiger partial charge in [0.15, 0.2) is 5.01 Å². The van der Waals surface area contributed by atoms with E-state index in [4.69, 9.17) is 9.47 Å². The second-order valence-electron chi connectivity index (χ2n) is 5.76. The van der Waals surface area contributed by atoms with Gasteiger partial charge in [-0.05, 0) is 19.1 Å². The van der Waals surface area contributed by atoms with E-state index >= 15 is 0 Å². The first-order valence-electron chi connectivity index (χ1n) is 7.90. The van der Waals surface area contributed by atoms with Crippen LogP contribution in [0.25, 0.3) is 26.9 Å². The van der Waals surface area contributed by atoms with Gasteiger partial charge in [-0.3, -0.25) is 5.10 Å². The Morgan fingerprint density at radius 1 is 1.14 bits per heavy atom. The monoisotopic (exact) mass is 410 g/mol. The van der Waals surface area contributed by atoms with Gasteiger partial charge in [0.1, 0.15) is 11.5 Å².